The Hall–Kier alpha value is -3.41. The molecule has 6 nitrogen and oxygen atoms in total. The van der Waals surface area contributed by atoms with Gasteiger partial charge in [-0.2, -0.15) is 0 Å². The van der Waals surface area contributed by atoms with Crippen molar-refractivity contribution in [3.8, 4) is 17.0 Å². The van der Waals surface area contributed by atoms with Gasteiger partial charge in [-0.05, 0) is 42.8 Å². The topological polar surface area (TPSA) is 76.1 Å². The van der Waals surface area contributed by atoms with Gasteiger partial charge in [-0.1, -0.05) is 18.2 Å². The summed E-state index contributed by atoms with van der Waals surface area (Å²) in [6.07, 6.45) is 5.24. The summed E-state index contributed by atoms with van der Waals surface area (Å²) < 4.78 is 5.50. The number of carbonyl (C=O) groups is 1. The number of rotatable bonds is 6. The van der Waals surface area contributed by atoms with Crippen LogP contribution in [0.2, 0.25) is 0 Å². The molecule has 132 valence electrons. The predicted octanol–water partition coefficient (Wildman–Crippen LogP) is 3.86. The molecule has 0 unspecified atom stereocenters. The van der Waals surface area contributed by atoms with E-state index < -0.39 is 0 Å². The Morgan fingerprint density at radius 1 is 1.08 bits per heavy atom. The number of nitrogens with one attached hydrogen (secondary N) is 2. The number of hydrogen-bond donors (Lipinski definition) is 2. The molecule has 3 aromatic rings. The molecule has 0 aliphatic carbocycles. The average Bonchev–Trinajstić information content (AvgIpc) is 2.69. The molecule has 0 aliphatic rings. The van der Waals surface area contributed by atoms with Crippen LogP contribution >= 0.6 is 0 Å². The van der Waals surface area contributed by atoms with Gasteiger partial charge in [-0.25, -0.2) is 4.79 Å². The molecular formula is C20H20N4O2. The second-order valence-electron chi connectivity index (χ2n) is 5.53. The van der Waals surface area contributed by atoms with Crippen LogP contribution in [0.1, 0.15) is 12.5 Å². The van der Waals surface area contributed by atoms with Crippen LogP contribution in [0.3, 0.4) is 0 Å². The van der Waals surface area contributed by atoms with Gasteiger partial charge in [0.05, 0.1) is 18.0 Å². The molecule has 0 radical (unpaired) electrons. The lowest BCUT2D eigenvalue weighted by Gasteiger charge is -2.12. The lowest BCUT2D eigenvalue weighted by Crippen LogP contribution is -2.28. The van der Waals surface area contributed by atoms with Crippen LogP contribution in [0.25, 0.3) is 11.3 Å². The van der Waals surface area contributed by atoms with Crippen LogP contribution in [0.4, 0.5) is 10.5 Å². The summed E-state index contributed by atoms with van der Waals surface area (Å²) in [5.74, 6) is 0.646. The number of hydrogen-bond acceptors (Lipinski definition) is 4. The number of urea groups is 1. The van der Waals surface area contributed by atoms with Crippen molar-refractivity contribution < 1.29 is 9.53 Å². The zero-order chi connectivity index (χ0) is 18.2. The van der Waals surface area contributed by atoms with Gasteiger partial charge >= 0.3 is 6.03 Å². The highest BCUT2D eigenvalue weighted by Gasteiger charge is 2.07. The maximum absolute atomic E-state index is 12.1. The number of amides is 2. The van der Waals surface area contributed by atoms with Crippen LogP contribution < -0.4 is 15.4 Å². The quantitative estimate of drug-likeness (QED) is 0.709. The fraction of sp³-hybridized carbons (Fsp3) is 0.150. The van der Waals surface area contributed by atoms with Gasteiger partial charge in [0.15, 0.2) is 0 Å². The van der Waals surface area contributed by atoms with Crippen molar-refractivity contribution in [2.75, 3.05) is 11.9 Å². The number of aromatic nitrogens is 2. The standard InChI is InChI=1S/C20H20N4O2/c1-2-26-19-8-4-3-7-18(19)24-20(25)23-13-15-9-10-17(22-12-15)16-6-5-11-21-14-16/h3-12,14H,2,13H2,1H3,(H2,23,24,25). The normalized spacial score (nSPS) is 10.2. The third-order valence-electron chi connectivity index (χ3n) is 3.67. The van der Waals surface area contributed by atoms with Crippen LogP contribution in [-0.2, 0) is 6.54 Å². The fourth-order valence-corrected chi connectivity index (χ4v) is 2.41. The van der Waals surface area contributed by atoms with Gasteiger partial charge < -0.3 is 15.4 Å². The maximum atomic E-state index is 12.1. The Balaban J connectivity index is 1.56. The lowest BCUT2D eigenvalue weighted by atomic mass is 10.1. The minimum Gasteiger partial charge on any atom is -0.492 e. The molecule has 6 heteroatoms. The molecule has 2 amide bonds. The number of pyridine rings is 2. The van der Waals surface area contributed by atoms with E-state index in [0.29, 0.717) is 24.6 Å². The zero-order valence-electron chi connectivity index (χ0n) is 14.5. The van der Waals surface area contributed by atoms with E-state index in [4.69, 9.17) is 4.74 Å². The maximum Gasteiger partial charge on any atom is 0.319 e. The molecule has 2 aromatic heterocycles. The monoisotopic (exact) mass is 348 g/mol. The molecule has 3 rings (SSSR count). The molecule has 26 heavy (non-hydrogen) atoms. The predicted molar refractivity (Wildman–Crippen MR) is 101 cm³/mol. The SMILES string of the molecule is CCOc1ccccc1NC(=O)NCc1ccc(-c2cccnc2)nc1. The van der Waals surface area contributed by atoms with Gasteiger partial charge in [-0.3, -0.25) is 9.97 Å². The summed E-state index contributed by atoms with van der Waals surface area (Å²) in [5, 5.41) is 5.62. The molecule has 2 heterocycles. The molecule has 0 aliphatic heterocycles. The summed E-state index contributed by atoms with van der Waals surface area (Å²) >= 11 is 0. The number of para-hydroxylation sites is 2. The van der Waals surface area contributed by atoms with E-state index in [1.165, 1.54) is 0 Å². The van der Waals surface area contributed by atoms with Crippen LogP contribution in [0.15, 0.2) is 67.1 Å². The fourth-order valence-electron chi connectivity index (χ4n) is 2.41. The van der Waals surface area contributed by atoms with Crippen LogP contribution in [-0.4, -0.2) is 22.6 Å². The summed E-state index contributed by atoms with van der Waals surface area (Å²) in [4.78, 5) is 20.6. The third kappa shape index (κ3) is 4.57. The largest absolute Gasteiger partial charge is 0.492 e. The highest BCUT2D eigenvalue weighted by molar-refractivity contribution is 5.90. The summed E-state index contributed by atoms with van der Waals surface area (Å²) in [7, 11) is 0. The van der Waals surface area contributed by atoms with Crippen molar-refractivity contribution in [2.45, 2.75) is 13.5 Å². The molecule has 1 aromatic carbocycles. The number of anilines is 1. The van der Waals surface area contributed by atoms with E-state index in [-0.39, 0.29) is 6.03 Å². The van der Waals surface area contributed by atoms with Gasteiger partial charge in [-0.15, -0.1) is 0 Å². The van der Waals surface area contributed by atoms with E-state index >= 15 is 0 Å². The first kappa shape index (κ1) is 17.4. The van der Waals surface area contributed by atoms with Crippen molar-refractivity contribution in [3.05, 3.63) is 72.7 Å². The van der Waals surface area contributed by atoms with E-state index in [2.05, 4.69) is 20.6 Å². The van der Waals surface area contributed by atoms with Crippen LogP contribution in [0.5, 0.6) is 5.75 Å². The van der Waals surface area contributed by atoms with Crippen molar-refractivity contribution in [1.82, 2.24) is 15.3 Å². The van der Waals surface area contributed by atoms with E-state index in [1.54, 1.807) is 24.7 Å². The van der Waals surface area contributed by atoms with E-state index in [0.717, 1.165) is 16.8 Å². The van der Waals surface area contributed by atoms with Gasteiger partial charge in [0.2, 0.25) is 0 Å². The second kappa shape index (κ2) is 8.62. The number of nitrogens with zero attached hydrogens (tertiary/aromatic N) is 2. The van der Waals surface area contributed by atoms with Gasteiger partial charge in [0.1, 0.15) is 5.75 Å². The summed E-state index contributed by atoms with van der Waals surface area (Å²) in [6, 6.07) is 14.7. The van der Waals surface area contributed by atoms with Crippen LogP contribution in [0, 0.1) is 0 Å². The number of ether oxygens (including phenoxy) is 1. The second-order valence-corrected chi connectivity index (χ2v) is 5.53. The molecular weight excluding hydrogens is 328 g/mol. The van der Waals surface area contributed by atoms with E-state index in [1.807, 2.05) is 49.4 Å². The van der Waals surface area contributed by atoms with Crippen molar-refractivity contribution in [1.29, 1.82) is 0 Å². The minimum absolute atomic E-state index is 0.298. The molecule has 0 fully saturated rings. The van der Waals surface area contributed by atoms with Crippen molar-refractivity contribution in [2.24, 2.45) is 0 Å². The smallest absolute Gasteiger partial charge is 0.319 e. The van der Waals surface area contributed by atoms with Gasteiger partial charge in [0.25, 0.3) is 0 Å². The minimum atomic E-state index is -0.298. The Labute approximate surface area is 152 Å². The molecule has 0 saturated carbocycles. The molecule has 0 saturated heterocycles. The average molecular weight is 348 g/mol. The van der Waals surface area contributed by atoms with Gasteiger partial charge in [0, 0.05) is 30.7 Å². The highest BCUT2D eigenvalue weighted by Crippen LogP contribution is 2.23. The summed E-state index contributed by atoms with van der Waals surface area (Å²) in [5.41, 5.74) is 3.34. The Morgan fingerprint density at radius 3 is 2.69 bits per heavy atom. The Bertz CT molecular complexity index is 851. The number of benzene rings is 1. The first-order valence-corrected chi connectivity index (χ1v) is 8.38. The number of carbonyl (C=O) groups excluding carboxylic acids is 1. The zero-order valence-corrected chi connectivity index (χ0v) is 14.5. The van der Waals surface area contributed by atoms with Crippen molar-refractivity contribution >= 4 is 11.7 Å². The van der Waals surface area contributed by atoms with Crippen molar-refractivity contribution in [3.63, 3.8) is 0 Å². The molecule has 0 bridgehead atoms. The Morgan fingerprint density at radius 2 is 1.96 bits per heavy atom. The lowest BCUT2D eigenvalue weighted by molar-refractivity contribution is 0.251. The molecule has 0 atom stereocenters. The van der Waals surface area contributed by atoms with E-state index in [9.17, 15) is 4.79 Å². The first-order chi connectivity index (χ1) is 12.8. The summed E-state index contributed by atoms with van der Waals surface area (Å²) in [6.45, 7) is 2.82. The molecule has 2 N–H and O–H groups in total. The first-order valence-electron chi connectivity index (χ1n) is 8.38. The Kier molecular flexibility index (Phi) is 5.77. The molecule has 0 spiro atoms. The third-order valence-corrected chi connectivity index (χ3v) is 3.67. The highest BCUT2D eigenvalue weighted by atomic mass is 16.5.